The molecule has 0 N–H and O–H groups in total. The van der Waals surface area contributed by atoms with Gasteiger partial charge < -0.3 is 14.0 Å². The Kier molecular flexibility index (Phi) is 7.26. The van der Waals surface area contributed by atoms with E-state index in [1.807, 2.05) is 4.90 Å². The summed E-state index contributed by atoms with van der Waals surface area (Å²) in [5.74, 6) is -0.733. The van der Waals surface area contributed by atoms with E-state index in [0.29, 0.717) is 38.6 Å². The molecule has 1 heterocycles. The molecule has 2 aliphatic rings. The molecule has 0 radical (unpaired) electrons. The van der Waals surface area contributed by atoms with Crippen LogP contribution in [-0.4, -0.2) is 68.5 Å². The standard InChI is InChI=1S/C15H27NO6S/c17-15(10-13-4-2-1-3-5-13)22-14(12-23(18,19)20)11-16-6-8-21-9-7-16/h13-14H,1-12H2,(H,18,19,20)/p-1. The predicted molar refractivity (Wildman–Crippen MR) is 82.9 cm³/mol. The van der Waals surface area contributed by atoms with Gasteiger partial charge in [-0.1, -0.05) is 19.3 Å². The largest absolute Gasteiger partial charge is 0.748 e. The minimum absolute atomic E-state index is 0.265. The Balaban J connectivity index is 1.85. The molecule has 1 saturated carbocycles. The van der Waals surface area contributed by atoms with Gasteiger partial charge in [0.15, 0.2) is 0 Å². The maximum Gasteiger partial charge on any atom is 0.306 e. The van der Waals surface area contributed by atoms with E-state index in [0.717, 1.165) is 25.7 Å². The third kappa shape index (κ3) is 7.60. The average molecular weight is 348 g/mol. The van der Waals surface area contributed by atoms with Gasteiger partial charge in [0, 0.05) is 26.1 Å². The number of carbonyl (C=O) groups excluding carboxylic acids is 1. The molecule has 0 aromatic rings. The summed E-state index contributed by atoms with van der Waals surface area (Å²) in [5, 5.41) is 0. The maximum absolute atomic E-state index is 12.1. The van der Waals surface area contributed by atoms with Gasteiger partial charge in [-0.3, -0.25) is 9.69 Å². The van der Waals surface area contributed by atoms with Crippen LogP contribution in [0.1, 0.15) is 38.5 Å². The molecule has 0 bridgehead atoms. The van der Waals surface area contributed by atoms with Gasteiger partial charge in [0.1, 0.15) is 6.10 Å². The van der Waals surface area contributed by atoms with Crippen LogP contribution >= 0.6 is 0 Å². The monoisotopic (exact) mass is 348 g/mol. The Labute approximate surface area is 138 Å². The highest BCUT2D eigenvalue weighted by Gasteiger charge is 2.24. The predicted octanol–water partition coefficient (Wildman–Crippen LogP) is 0.746. The molecule has 1 aliphatic heterocycles. The van der Waals surface area contributed by atoms with Crippen molar-refractivity contribution in [3.05, 3.63) is 0 Å². The molecular weight excluding hydrogens is 322 g/mol. The zero-order valence-electron chi connectivity index (χ0n) is 13.4. The van der Waals surface area contributed by atoms with E-state index in [4.69, 9.17) is 9.47 Å². The van der Waals surface area contributed by atoms with Gasteiger partial charge in [0.25, 0.3) is 0 Å². The van der Waals surface area contributed by atoms with Crippen molar-refractivity contribution in [2.45, 2.75) is 44.6 Å². The molecule has 2 rings (SSSR count). The van der Waals surface area contributed by atoms with Crippen molar-refractivity contribution in [2.24, 2.45) is 5.92 Å². The quantitative estimate of drug-likeness (QED) is 0.495. The molecule has 1 atom stereocenters. The van der Waals surface area contributed by atoms with E-state index in [-0.39, 0.29) is 12.5 Å². The molecule has 0 spiro atoms. The van der Waals surface area contributed by atoms with Crippen LogP contribution in [0, 0.1) is 5.92 Å². The van der Waals surface area contributed by atoms with Crippen molar-refractivity contribution in [2.75, 3.05) is 38.6 Å². The Hall–Kier alpha value is -0.700. The molecule has 0 aromatic heterocycles. The molecule has 2 fully saturated rings. The number of hydrogen-bond donors (Lipinski definition) is 0. The first-order valence-electron chi connectivity index (χ1n) is 8.35. The van der Waals surface area contributed by atoms with Crippen molar-refractivity contribution >= 4 is 16.1 Å². The van der Waals surface area contributed by atoms with Crippen molar-refractivity contribution in [3.63, 3.8) is 0 Å². The van der Waals surface area contributed by atoms with Crippen LogP contribution in [0.15, 0.2) is 0 Å². The maximum atomic E-state index is 12.1. The average Bonchev–Trinajstić information content (AvgIpc) is 2.47. The van der Waals surface area contributed by atoms with Crippen LogP contribution < -0.4 is 0 Å². The summed E-state index contributed by atoms with van der Waals surface area (Å²) >= 11 is 0. The highest BCUT2D eigenvalue weighted by molar-refractivity contribution is 7.85. The van der Waals surface area contributed by atoms with Crippen LogP contribution in [0.5, 0.6) is 0 Å². The molecule has 1 aliphatic carbocycles. The normalized spacial score (nSPS) is 22.7. The van der Waals surface area contributed by atoms with Crippen molar-refractivity contribution in [1.29, 1.82) is 0 Å². The fourth-order valence-corrected chi connectivity index (χ4v) is 3.91. The van der Waals surface area contributed by atoms with Crippen LogP contribution in [0.25, 0.3) is 0 Å². The lowest BCUT2D eigenvalue weighted by Gasteiger charge is -2.31. The molecule has 134 valence electrons. The Morgan fingerprint density at radius 3 is 2.48 bits per heavy atom. The van der Waals surface area contributed by atoms with E-state index in [1.54, 1.807) is 0 Å². The first-order chi connectivity index (χ1) is 10.9. The molecule has 0 amide bonds. The van der Waals surface area contributed by atoms with Crippen LogP contribution in [0.2, 0.25) is 0 Å². The zero-order valence-corrected chi connectivity index (χ0v) is 14.3. The lowest BCUT2D eigenvalue weighted by atomic mass is 9.87. The number of nitrogens with zero attached hydrogens (tertiary/aromatic N) is 1. The molecule has 23 heavy (non-hydrogen) atoms. The van der Waals surface area contributed by atoms with E-state index in [9.17, 15) is 17.8 Å². The molecule has 0 aromatic carbocycles. The van der Waals surface area contributed by atoms with Gasteiger partial charge >= 0.3 is 5.97 Å². The summed E-state index contributed by atoms with van der Waals surface area (Å²) in [6.45, 7) is 2.69. The summed E-state index contributed by atoms with van der Waals surface area (Å²) in [7, 11) is -4.44. The van der Waals surface area contributed by atoms with E-state index < -0.39 is 22.0 Å². The fraction of sp³-hybridized carbons (Fsp3) is 0.933. The zero-order chi connectivity index (χ0) is 16.7. The highest BCUT2D eigenvalue weighted by atomic mass is 32.2. The first kappa shape index (κ1) is 18.6. The Morgan fingerprint density at radius 1 is 1.22 bits per heavy atom. The summed E-state index contributed by atoms with van der Waals surface area (Å²) in [4.78, 5) is 14.1. The highest BCUT2D eigenvalue weighted by Crippen LogP contribution is 2.26. The second-order valence-corrected chi connectivity index (χ2v) is 7.91. The van der Waals surface area contributed by atoms with E-state index >= 15 is 0 Å². The van der Waals surface area contributed by atoms with Crippen LogP contribution in [0.4, 0.5) is 0 Å². The lowest BCUT2D eigenvalue weighted by molar-refractivity contribution is -0.150. The molecule has 1 unspecified atom stereocenters. The topological polar surface area (TPSA) is 96.0 Å². The number of esters is 1. The summed E-state index contributed by atoms with van der Waals surface area (Å²) in [6.07, 6.45) is 4.92. The number of morpholine rings is 1. The second kappa shape index (κ2) is 8.96. The minimum atomic E-state index is -4.44. The van der Waals surface area contributed by atoms with Gasteiger partial charge in [0.05, 0.1) is 29.1 Å². The summed E-state index contributed by atoms with van der Waals surface area (Å²) in [5.41, 5.74) is 0. The third-order valence-corrected chi connectivity index (χ3v) is 5.21. The molecule has 7 nitrogen and oxygen atoms in total. The molecule has 1 saturated heterocycles. The van der Waals surface area contributed by atoms with E-state index in [1.165, 1.54) is 6.42 Å². The van der Waals surface area contributed by atoms with Crippen LogP contribution in [-0.2, 0) is 24.4 Å². The van der Waals surface area contributed by atoms with Crippen molar-refractivity contribution < 1.29 is 27.2 Å². The molecule has 8 heteroatoms. The molecular formula is C15H26NO6S-. The number of ether oxygens (including phenoxy) is 2. The fourth-order valence-electron chi connectivity index (χ4n) is 3.28. The summed E-state index contributed by atoms with van der Waals surface area (Å²) in [6, 6.07) is 0. The second-order valence-electron chi connectivity index (χ2n) is 6.46. The third-order valence-electron chi connectivity index (χ3n) is 4.43. The summed E-state index contributed by atoms with van der Waals surface area (Å²) < 4.78 is 43.8. The van der Waals surface area contributed by atoms with Gasteiger partial charge in [-0.15, -0.1) is 0 Å². The number of rotatable bonds is 7. The Morgan fingerprint density at radius 2 is 1.87 bits per heavy atom. The van der Waals surface area contributed by atoms with Gasteiger partial charge in [-0.2, -0.15) is 0 Å². The SMILES string of the molecule is O=C(CC1CCCCC1)OC(CN1CCOCC1)CS(=O)(=O)[O-]. The number of carbonyl (C=O) groups is 1. The van der Waals surface area contributed by atoms with Gasteiger partial charge in [-0.05, 0) is 18.8 Å². The van der Waals surface area contributed by atoms with Crippen LogP contribution in [0.3, 0.4) is 0 Å². The first-order valence-corrected chi connectivity index (χ1v) is 9.93. The minimum Gasteiger partial charge on any atom is -0.748 e. The van der Waals surface area contributed by atoms with Gasteiger partial charge in [0.2, 0.25) is 0 Å². The Bertz CT molecular complexity index is 468. The van der Waals surface area contributed by atoms with Crippen molar-refractivity contribution in [1.82, 2.24) is 4.90 Å². The smallest absolute Gasteiger partial charge is 0.306 e. The van der Waals surface area contributed by atoms with Gasteiger partial charge in [-0.25, -0.2) is 8.42 Å². The van der Waals surface area contributed by atoms with E-state index in [2.05, 4.69) is 0 Å². The lowest BCUT2D eigenvalue weighted by Crippen LogP contribution is -2.44. The number of hydrogen-bond acceptors (Lipinski definition) is 7. The van der Waals surface area contributed by atoms with Crippen molar-refractivity contribution in [3.8, 4) is 0 Å².